The van der Waals surface area contributed by atoms with Crippen LogP contribution in [0.2, 0.25) is 0 Å². The fraction of sp³-hybridized carbons (Fsp3) is 0.565. The lowest BCUT2D eigenvalue weighted by Crippen LogP contribution is -2.45. The van der Waals surface area contributed by atoms with Crippen molar-refractivity contribution in [3.05, 3.63) is 45.7 Å². The van der Waals surface area contributed by atoms with E-state index >= 15 is 0 Å². The molecule has 0 spiro atoms. The van der Waals surface area contributed by atoms with Gasteiger partial charge in [-0.2, -0.15) is 0 Å². The summed E-state index contributed by atoms with van der Waals surface area (Å²) >= 11 is 5.72. The highest BCUT2D eigenvalue weighted by atomic mass is 32.1. The molecule has 0 amide bonds. The van der Waals surface area contributed by atoms with E-state index in [2.05, 4.69) is 33.9 Å². The van der Waals surface area contributed by atoms with Crippen molar-refractivity contribution in [2.75, 3.05) is 39.4 Å². The number of H-pyrrole nitrogens is 1. The molecule has 6 nitrogen and oxygen atoms in total. The highest BCUT2D eigenvalue weighted by Gasteiger charge is 2.16. The van der Waals surface area contributed by atoms with Crippen LogP contribution >= 0.6 is 12.2 Å². The Labute approximate surface area is 184 Å². The predicted octanol–water partition coefficient (Wildman–Crippen LogP) is 3.03. The maximum Gasteiger partial charge on any atom is 0.253 e. The summed E-state index contributed by atoms with van der Waals surface area (Å²) < 4.78 is 5.44. The second-order valence-corrected chi connectivity index (χ2v) is 8.54. The van der Waals surface area contributed by atoms with Gasteiger partial charge in [-0.05, 0) is 55.9 Å². The van der Waals surface area contributed by atoms with Crippen LogP contribution in [-0.4, -0.2) is 65.3 Å². The van der Waals surface area contributed by atoms with Gasteiger partial charge in [0.2, 0.25) is 0 Å². The minimum absolute atomic E-state index is 0.0404. The fourth-order valence-electron chi connectivity index (χ4n) is 3.72. The normalized spacial score (nSPS) is 15.8. The molecule has 2 aromatic rings. The number of aromatic amines is 1. The Bertz CT molecular complexity index is 908. The Hall–Kier alpha value is -1.96. The zero-order chi connectivity index (χ0) is 21.5. The molecule has 164 valence electrons. The van der Waals surface area contributed by atoms with E-state index in [1.807, 2.05) is 31.2 Å². The monoisotopic (exact) mass is 430 g/mol. The average Bonchev–Trinajstić information content (AvgIpc) is 2.74. The fourth-order valence-corrected chi connectivity index (χ4v) is 4.08. The Morgan fingerprint density at radius 2 is 2.13 bits per heavy atom. The van der Waals surface area contributed by atoms with Crippen molar-refractivity contribution in [3.63, 3.8) is 0 Å². The number of rotatable bonds is 8. The Morgan fingerprint density at radius 3 is 2.87 bits per heavy atom. The first-order valence-electron chi connectivity index (χ1n) is 10.9. The van der Waals surface area contributed by atoms with Gasteiger partial charge in [-0.25, -0.2) is 0 Å². The molecule has 1 aliphatic rings. The quantitative estimate of drug-likeness (QED) is 0.628. The summed E-state index contributed by atoms with van der Waals surface area (Å²) in [5.41, 5.74) is 2.69. The molecule has 7 heteroatoms. The van der Waals surface area contributed by atoms with Gasteiger partial charge in [0, 0.05) is 37.8 Å². The lowest BCUT2D eigenvalue weighted by Gasteiger charge is -2.30. The van der Waals surface area contributed by atoms with Crippen LogP contribution in [0.3, 0.4) is 0 Å². The molecule has 1 aromatic carbocycles. The van der Waals surface area contributed by atoms with Crippen LogP contribution in [0, 0.1) is 6.92 Å². The molecule has 0 radical (unpaired) electrons. The second kappa shape index (κ2) is 10.9. The van der Waals surface area contributed by atoms with E-state index in [-0.39, 0.29) is 5.56 Å². The summed E-state index contributed by atoms with van der Waals surface area (Å²) in [5, 5.41) is 5.19. The van der Waals surface area contributed by atoms with Crippen LogP contribution in [0.5, 0.6) is 0 Å². The highest BCUT2D eigenvalue weighted by Crippen LogP contribution is 2.16. The first-order valence-corrected chi connectivity index (χ1v) is 11.4. The second-order valence-electron chi connectivity index (χ2n) is 8.15. The number of fused-ring (bicyclic) bond motifs is 1. The zero-order valence-electron chi connectivity index (χ0n) is 18.4. The van der Waals surface area contributed by atoms with Crippen LogP contribution in [0.15, 0.2) is 29.1 Å². The van der Waals surface area contributed by atoms with Gasteiger partial charge in [-0.3, -0.25) is 9.69 Å². The van der Waals surface area contributed by atoms with Crippen molar-refractivity contribution >= 4 is 28.2 Å². The predicted molar refractivity (Wildman–Crippen MR) is 127 cm³/mol. The molecule has 1 saturated heterocycles. The maximum absolute atomic E-state index is 12.8. The van der Waals surface area contributed by atoms with E-state index in [9.17, 15) is 4.79 Å². The van der Waals surface area contributed by atoms with Crippen molar-refractivity contribution in [2.45, 2.75) is 46.2 Å². The lowest BCUT2D eigenvalue weighted by atomic mass is 10.1. The first-order chi connectivity index (χ1) is 14.5. The third-order valence-electron chi connectivity index (χ3n) is 5.80. The van der Waals surface area contributed by atoms with Gasteiger partial charge in [-0.1, -0.05) is 25.1 Å². The van der Waals surface area contributed by atoms with Crippen LogP contribution in [0.1, 0.15) is 37.8 Å². The SMILES string of the molecule is CCC(C)NC(=S)N(CCCN1CCOCC1)Cc1cc2cccc(C)c2[nH]c1=O. The molecule has 0 bridgehead atoms. The molecule has 3 rings (SSSR count). The standard InChI is InChI=1S/C23H34N4O2S/c1-4-18(3)24-23(30)27(10-6-9-26-11-13-29-14-12-26)16-20-15-19-8-5-7-17(2)21(19)25-22(20)28/h5,7-8,15,18H,4,6,9-14,16H2,1-3H3,(H,24,30)(H,25,28). The molecule has 2 N–H and O–H groups in total. The van der Waals surface area contributed by atoms with Gasteiger partial charge >= 0.3 is 0 Å². The number of hydrogen-bond acceptors (Lipinski definition) is 4. The minimum Gasteiger partial charge on any atom is -0.379 e. The van der Waals surface area contributed by atoms with Crippen LogP contribution in [0.25, 0.3) is 10.9 Å². The largest absolute Gasteiger partial charge is 0.379 e. The molecule has 1 atom stereocenters. The van der Waals surface area contributed by atoms with E-state index in [1.54, 1.807) is 0 Å². The van der Waals surface area contributed by atoms with Gasteiger partial charge in [0.15, 0.2) is 5.11 Å². The van der Waals surface area contributed by atoms with Gasteiger partial charge in [-0.15, -0.1) is 0 Å². The van der Waals surface area contributed by atoms with Gasteiger partial charge in [0.25, 0.3) is 5.56 Å². The molecule has 2 heterocycles. The summed E-state index contributed by atoms with van der Waals surface area (Å²) in [5.74, 6) is 0. The smallest absolute Gasteiger partial charge is 0.253 e. The minimum atomic E-state index is -0.0404. The van der Waals surface area contributed by atoms with E-state index in [1.165, 1.54) is 0 Å². The van der Waals surface area contributed by atoms with Crippen LogP contribution in [-0.2, 0) is 11.3 Å². The number of thiocarbonyl (C=S) groups is 1. The maximum atomic E-state index is 12.8. The third-order valence-corrected chi connectivity index (χ3v) is 6.18. The number of pyridine rings is 1. The number of benzene rings is 1. The number of aryl methyl sites for hydroxylation is 1. The van der Waals surface area contributed by atoms with Gasteiger partial charge in [0.05, 0.1) is 25.3 Å². The number of ether oxygens (including phenoxy) is 1. The van der Waals surface area contributed by atoms with Crippen molar-refractivity contribution in [1.29, 1.82) is 0 Å². The van der Waals surface area contributed by atoms with Crippen LogP contribution < -0.4 is 10.9 Å². The molecule has 0 aliphatic carbocycles. The zero-order valence-corrected chi connectivity index (χ0v) is 19.2. The van der Waals surface area contributed by atoms with Crippen molar-refractivity contribution < 1.29 is 4.74 Å². The molecule has 0 saturated carbocycles. The topological polar surface area (TPSA) is 60.6 Å². The van der Waals surface area contributed by atoms with E-state index < -0.39 is 0 Å². The van der Waals surface area contributed by atoms with Gasteiger partial charge in [0.1, 0.15) is 0 Å². The summed E-state index contributed by atoms with van der Waals surface area (Å²) in [6.45, 7) is 12.2. The summed E-state index contributed by atoms with van der Waals surface area (Å²) in [7, 11) is 0. The molecular formula is C23H34N4O2S. The summed E-state index contributed by atoms with van der Waals surface area (Å²) in [4.78, 5) is 20.4. The lowest BCUT2D eigenvalue weighted by molar-refractivity contribution is 0.0367. The molecule has 1 fully saturated rings. The number of morpholine rings is 1. The summed E-state index contributed by atoms with van der Waals surface area (Å²) in [6, 6.07) is 8.38. The van der Waals surface area contributed by atoms with Crippen molar-refractivity contribution in [3.8, 4) is 0 Å². The van der Waals surface area contributed by atoms with Gasteiger partial charge < -0.3 is 19.9 Å². The third kappa shape index (κ3) is 6.03. The Morgan fingerprint density at radius 1 is 1.37 bits per heavy atom. The number of nitrogens with one attached hydrogen (secondary N) is 2. The number of aromatic nitrogens is 1. The Kier molecular flexibility index (Phi) is 8.24. The van der Waals surface area contributed by atoms with E-state index in [0.29, 0.717) is 12.6 Å². The summed E-state index contributed by atoms with van der Waals surface area (Å²) in [6.07, 6.45) is 1.99. The number of hydrogen-bond donors (Lipinski definition) is 2. The van der Waals surface area contributed by atoms with Crippen LogP contribution in [0.4, 0.5) is 0 Å². The molecule has 1 aromatic heterocycles. The van der Waals surface area contributed by atoms with E-state index in [0.717, 1.165) is 79.4 Å². The first kappa shape index (κ1) is 22.7. The molecule has 1 aliphatic heterocycles. The van der Waals surface area contributed by atoms with Crippen molar-refractivity contribution in [1.82, 2.24) is 20.1 Å². The number of nitrogens with zero attached hydrogens (tertiary/aromatic N) is 2. The molecule has 1 unspecified atom stereocenters. The Balaban J connectivity index is 1.73. The average molecular weight is 431 g/mol. The number of para-hydroxylation sites is 1. The highest BCUT2D eigenvalue weighted by molar-refractivity contribution is 7.80. The van der Waals surface area contributed by atoms with E-state index in [4.69, 9.17) is 17.0 Å². The molecular weight excluding hydrogens is 396 g/mol. The van der Waals surface area contributed by atoms with Crippen molar-refractivity contribution in [2.24, 2.45) is 0 Å². The molecule has 30 heavy (non-hydrogen) atoms.